The average molecular weight is 249 g/mol. The van der Waals surface area contributed by atoms with Gasteiger partial charge in [-0.05, 0) is 6.92 Å². The third-order valence-corrected chi connectivity index (χ3v) is 3.42. The lowest BCUT2D eigenvalue weighted by molar-refractivity contribution is 0.185. The molecule has 0 saturated carbocycles. The Hall–Kier alpha value is -0.960. The van der Waals surface area contributed by atoms with Crippen LogP contribution in [0.3, 0.4) is 0 Å². The predicted molar refractivity (Wildman–Crippen MR) is 56.2 cm³/mol. The Balaban J connectivity index is 2.85. The summed E-state index contributed by atoms with van der Waals surface area (Å²) in [6, 6.07) is -0.906. The lowest BCUT2D eigenvalue weighted by Crippen LogP contribution is -2.40. The number of aliphatic hydroxyl groups excluding tert-OH is 2. The van der Waals surface area contributed by atoms with Gasteiger partial charge in [-0.3, -0.25) is 0 Å². The van der Waals surface area contributed by atoms with E-state index in [0.29, 0.717) is 6.54 Å². The van der Waals surface area contributed by atoms with Crippen molar-refractivity contribution in [3.05, 3.63) is 12.5 Å². The molecule has 0 spiro atoms. The van der Waals surface area contributed by atoms with Gasteiger partial charge in [0.25, 0.3) is 10.0 Å². The molecule has 0 atom stereocenters. The van der Waals surface area contributed by atoms with Gasteiger partial charge >= 0.3 is 0 Å². The Morgan fingerprint density at radius 3 is 2.56 bits per heavy atom. The van der Waals surface area contributed by atoms with Gasteiger partial charge < -0.3 is 14.8 Å². The van der Waals surface area contributed by atoms with E-state index < -0.39 is 29.3 Å². The second-order valence-corrected chi connectivity index (χ2v) is 4.89. The highest BCUT2D eigenvalue weighted by atomic mass is 32.2. The zero-order valence-electron chi connectivity index (χ0n) is 8.87. The summed E-state index contributed by atoms with van der Waals surface area (Å²) in [7, 11) is -3.77. The first-order valence-corrected chi connectivity index (χ1v) is 6.27. The number of aromatic nitrogens is 2. The molecule has 1 rings (SSSR count). The van der Waals surface area contributed by atoms with Crippen molar-refractivity contribution >= 4 is 10.0 Å². The van der Waals surface area contributed by atoms with Crippen LogP contribution in [0.2, 0.25) is 0 Å². The summed E-state index contributed by atoms with van der Waals surface area (Å²) in [6.07, 6.45) is 2.79. The van der Waals surface area contributed by atoms with E-state index in [2.05, 4.69) is 9.71 Å². The van der Waals surface area contributed by atoms with Crippen LogP contribution >= 0.6 is 0 Å². The third kappa shape index (κ3) is 3.01. The average Bonchev–Trinajstić information content (AvgIpc) is 2.75. The maximum absolute atomic E-state index is 11.7. The molecule has 8 heteroatoms. The summed E-state index contributed by atoms with van der Waals surface area (Å²) in [5.41, 5.74) is 0. The lowest BCUT2D eigenvalue weighted by Gasteiger charge is -2.11. The molecule has 0 radical (unpaired) electrons. The number of aryl methyl sites for hydroxylation is 1. The number of aliphatic hydroxyl groups is 2. The van der Waals surface area contributed by atoms with Crippen molar-refractivity contribution in [1.82, 2.24) is 14.3 Å². The van der Waals surface area contributed by atoms with E-state index in [4.69, 9.17) is 10.2 Å². The van der Waals surface area contributed by atoms with E-state index in [9.17, 15) is 8.42 Å². The fourth-order valence-electron chi connectivity index (χ4n) is 1.06. The van der Waals surface area contributed by atoms with E-state index in [0.717, 1.165) is 0 Å². The zero-order valence-corrected chi connectivity index (χ0v) is 9.68. The zero-order chi connectivity index (χ0) is 12.2. The van der Waals surface area contributed by atoms with E-state index >= 15 is 0 Å². The van der Waals surface area contributed by atoms with Crippen LogP contribution in [0.25, 0.3) is 0 Å². The van der Waals surface area contributed by atoms with Crippen molar-refractivity contribution in [1.29, 1.82) is 0 Å². The first-order valence-electron chi connectivity index (χ1n) is 4.79. The van der Waals surface area contributed by atoms with Crippen LogP contribution in [-0.4, -0.2) is 47.4 Å². The number of hydrogen-bond acceptors (Lipinski definition) is 5. The van der Waals surface area contributed by atoms with Gasteiger partial charge in [-0.1, -0.05) is 0 Å². The predicted octanol–water partition coefficient (Wildman–Crippen LogP) is -1.47. The number of imidazole rings is 1. The minimum atomic E-state index is -3.77. The molecular formula is C8H15N3O4S. The van der Waals surface area contributed by atoms with Gasteiger partial charge in [-0.2, -0.15) is 0 Å². The molecule has 0 bridgehead atoms. The molecule has 1 aromatic heterocycles. The van der Waals surface area contributed by atoms with E-state index in [1.54, 1.807) is 4.57 Å². The second kappa shape index (κ2) is 5.39. The summed E-state index contributed by atoms with van der Waals surface area (Å²) in [5.74, 6) is 0. The summed E-state index contributed by atoms with van der Waals surface area (Å²) < 4.78 is 27.1. The van der Waals surface area contributed by atoms with E-state index in [-0.39, 0.29) is 5.03 Å². The second-order valence-electron chi connectivity index (χ2n) is 3.23. The van der Waals surface area contributed by atoms with Gasteiger partial charge in [-0.15, -0.1) is 0 Å². The quantitative estimate of drug-likeness (QED) is 0.571. The molecule has 7 nitrogen and oxygen atoms in total. The van der Waals surface area contributed by atoms with Crippen LogP contribution in [0, 0.1) is 0 Å². The van der Waals surface area contributed by atoms with Crippen molar-refractivity contribution in [2.24, 2.45) is 0 Å². The van der Waals surface area contributed by atoms with Gasteiger partial charge in [-0.25, -0.2) is 18.1 Å². The van der Waals surface area contributed by atoms with Crippen LogP contribution < -0.4 is 4.72 Å². The number of sulfonamides is 1. The van der Waals surface area contributed by atoms with E-state index in [1.165, 1.54) is 12.5 Å². The molecule has 0 unspecified atom stereocenters. The fraction of sp³-hybridized carbons (Fsp3) is 0.625. The Labute approximate surface area is 93.8 Å². The maximum atomic E-state index is 11.7. The Morgan fingerprint density at radius 1 is 1.50 bits per heavy atom. The highest BCUT2D eigenvalue weighted by molar-refractivity contribution is 7.89. The highest BCUT2D eigenvalue weighted by Gasteiger charge is 2.21. The molecule has 1 heterocycles. The van der Waals surface area contributed by atoms with Crippen LogP contribution in [0.1, 0.15) is 6.92 Å². The Bertz CT molecular complexity index is 424. The van der Waals surface area contributed by atoms with Gasteiger partial charge in [0, 0.05) is 12.7 Å². The third-order valence-electron chi connectivity index (χ3n) is 2.01. The molecule has 0 fully saturated rings. The summed E-state index contributed by atoms with van der Waals surface area (Å²) in [4.78, 5) is 3.73. The lowest BCUT2D eigenvalue weighted by atomic mass is 10.4. The SMILES string of the molecule is CCn1cnc(S(=O)(=O)NC(CO)CO)c1. The van der Waals surface area contributed by atoms with Crippen LogP contribution in [0.4, 0.5) is 0 Å². The van der Waals surface area contributed by atoms with Crippen molar-refractivity contribution in [2.45, 2.75) is 24.5 Å². The molecule has 0 aliphatic heterocycles. The number of nitrogens with zero attached hydrogens (tertiary/aromatic N) is 2. The van der Waals surface area contributed by atoms with Crippen molar-refractivity contribution in [3.63, 3.8) is 0 Å². The van der Waals surface area contributed by atoms with Crippen molar-refractivity contribution in [2.75, 3.05) is 13.2 Å². The first kappa shape index (κ1) is 13.1. The van der Waals surface area contributed by atoms with Gasteiger partial charge in [0.05, 0.1) is 25.6 Å². The van der Waals surface area contributed by atoms with Crippen LogP contribution in [-0.2, 0) is 16.6 Å². The molecule has 0 aliphatic rings. The normalized spacial score (nSPS) is 12.2. The highest BCUT2D eigenvalue weighted by Crippen LogP contribution is 2.05. The molecule has 0 aliphatic carbocycles. The van der Waals surface area contributed by atoms with Crippen LogP contribution in [0.15, 0.2) is 17.6 Å². The smallest absolute Gasteiger partial charge is 0.259 e. The number of hydrogen-bond donors (Lipinski definition) is 3. The summed E-state index contributed by atoms with van der Waals surface area (Å²) in [6.45, 7) is 1.54. The minimum absolute atomic E-state index is 0.124. The topological polar surface area (TPSA) is 104 Å². The maximum Gasteiger partial charge on any atom is 0.259 e. The first-order chi connectivity index (χ1) is 7.53. The molecule has 3 N–H and O–H groups in total. The van der Waals surface area contributed by atoms with Gasteiger partial charge in [0.15, 0.2) is 5.03 Å². The van der Waals surface area contributed by atoms with Gasteiger partial charge in [0.2, 0.25) is 0 Å². The molecule has 92 valence electrons. The summed E-state index contributed by atoms with van der Waals surface area (Å²) in [5, 5.41) is 17.4. The van der Waals surface area contributed by atoms with Crippen molar-refractivity contribution in [3.8, 4) is 0 Å². The van der Waals surface area contributed by atoms with Crippen LogP contribution in [0.5, 0.6) is 0 Å². The fourth-order valence-corrected chi connectivity index (χ4v) is 2.23. The number of nitrogens with one attached hydrogen (secondary N) is 1. The molecule has 16 heavy (non-hydrogen) atoms. The monoisotopic (exact) mass is 249 g/mol. The standard InChI is InChI=1S/C8H15N3O4S/c1-2-11-3-8(9-6-11)16(14,15)10-7(4-12)5-13/h3,6-7,10,12-13H,2,4-5H2,1H3. The molecule has 0 saturated heterocycles. The minimum Gasteiger partial charge on any atom is -0.395 e. The van der Waals surface area contributed by atoms with Gasteiger partial charge in [0.1, 0.15) is 0 Å². The molecule has 1 aromatic rings. The Morgan fingerprint density at radius 2 is 2.12 bits per heavy atom. The van der Waals surface area contributed by atoms with Crippen molar-refractivity contribution < 1.29 is 18.6 Å². The van der Waals surface area contributed by atoms with E-state index in [1.807, 2.05) is 6.92 Å². The molecule has 0 amide bonds. The Kier molecular flexibility index (Phi) is 4.42. The summed E-state index contributed by atoms with van der Waals surface area (Å²) >= 11 is 0. The largest absolute Gasteiger partial charge is 0.395 e. The molecule has 0 aromatic carbocycles. The number of rotatable bonds is 6. The molecular weight excluding hydrogens is 234 g/mol.